The molecule has 3 aromatic heterocycles. The Kier molecular flexibility index (Phi) is 4.20. The van der Waals surface area contributed by atoms with E-state index >= 15 is 0 Å². The molecule has 0 bridgehead atoms. The van der Waals surface area contributed by atoms with E-state index in [0.717, 1.165) is 12.0 Å². The molecule has 4 aromatic rings. The molecule has 0 spiro atoms. The second-order valence-electron chi connectivity index (χ2n) is 7.27. The molecule has 0 N–H and O–H groups in total. The number of nitrogens with zero attached hydrogens (tertiary/aromatic N) is 7. The summed E-state index contributed by atoms with van der Waals surface area (Å²) in [5.41, 5.74) is 2.75. The molecule has 2 atom stereocenters. The van der Waals surface area contributed by atoms with Crippen molar-refractivity contribution in [2.45, 2.75) is 31.9 Å². The fraction of sp³-hybridized carbons (Fsp3) is 0.368. The first-order chi connectivity index (χ1) is 14.1. The van der Waals surface area contributed by atoms with Gasteiger partial charge in [0.05, 0.1) is 12.7 Å². The highest BCUT2D eigenvalue weighted by Crippen LogP contribution is 2.37. The number of fused-ring (bicyclic) bond motifs is 1. The van der Waals surface area contributed by atoms with Crippen LogP contribution in [0.1, 0.15) is 41.3 Å². The van der Waals surface area contributed by atoms with Gasteiger partial charge >= 0.3 is 0 Å². The van der Waals surface area contributed by atoms with Gasteiger partial charge < -0.3 is 9.26 Å². The molecule has 10 nitrogen and oxygen atoms in total. The highest BCUT2D eigenvalue weighted by Gasteiger charge is 2.31. The number of aromatic nitrogens is 7. The quantitative estimate of drug-likeness (QED) is 0.513. The zero-order valence-corrected chi connectivity index (χ0v) is 16.0. The molecule has 1 aliphatic rings. The van der Waals surface area contributed by atoms with Crippen LogP contribution < -0.4 is 5.56 Å². The van der Waals surface area contributed by atoms with Gasteiger partial charge in [-0.1, -0.05) is 40.2 Å². The number of benzene rings is 1. The number of ether oxygens (including phenoxy) is 1. The fourth-order valence-electron chi connectivity index (χ4n) is 3.56. The van der Waals surface area contributed by atoms with Crippen LogP contribution in [-0.4, -0.2) is 41.3 Å². The lowest BCUT2D eigenvalue weighted by molar-refractivity contribution is 0.110. The highest BCUT2D eigenvalue weighted by atomic mass is 16.5. The maximum Gasteiger partial charge on any atom is 0.281 e. The molecule has 0 unspecified atom stereocenters. The van der Waals surface area contributed by atoms with Crippen molar-refractivity contribution in [2.24, 2.45) is 7.05 Å². The smallest absolute Gasteiger partial charge is 0.281 e. The van der Waals surface area contributed by atoms with Crippen LogP contribution in [0.3, 0.4) is 0 Å². The SMILES string of the molecule is Cc1ccc([C@H]2C[C@H](c3noc(Cn4cnc5nnn(C)c5c4=O)n3)CO2)cc1. The first kappa shape index (κ1) is 17.7. The zero-order chi connectivity index (χ0) is 20.0. The van der Waals surface area contributed by atoms with Crippen molar-refractivity contribution in [2.75, 3.05) is 6.61 Å². The zero-order valence-electron chi connectivity index (χ0n) is 16.0. The van der Waals surface area contributed by atoms with E-state index in [4.69, 9.17) is 9.26 Å². The minimum absolute atomic E-state index is 0.0223. The van der Waals surface area contributed by atoms with Gasteiger partial charge in [-0.2, -0.15) is 4.98 Å². The fourth-order valence-corrected chi connectivity index (χ4v) is 3.56. The van der Waals surface area contributed by atoms with Crippen LogP contribution in [0.15, 0.2) is 39.9 Å². The summed E-state index contributed by atoms with van der Waals surface area (Å²) in [5, 5.41) is 11.8. The third-order valence-corrected chi connectivity index (χ3v) is 5.19. The molecule has 29 heavy (non-hydrogen) atoms. The summed E-state index contributed by atoms with van der Waals surface area (Å²) in [6.07, 6.45) is 2.22. The van der Waals surface area contributed by atoms with Gasteiger partial charge in [0.15, 0.2) is 11.3 Å². The molecule has 1 fully saturated rings. The molecule has 0 saturated carbocycles. The van der Waals surface area contributed by atoms with Crippen molar-refractivity contribution < 1.29 is 9.26 Å². The number of rotatable bonds is 4. The van der Waals surface area contributed by atoms with Gasteiger partial charge in [0.25, 0.3) is 5.56 Å². The van der Waals surface area contributed by atoms with Crippen LogP contribution in [0.4, 0.5) is 0 Å². The number of aryl methyl sites for hydroxylation is 2. The molecule has 0 amide bonds. The maximum absolute atomic E-state index is 12.6. The van der Waals surface area contributed by atoms with Gasteiger partial charge in [0, 0.05) is 13.0 Å². The van der Waals surface area contributed by atoms with E-state index < -0.39 is 0 Å². The largest absolute Gasteiger partial charge is 0.373 e. The van der Waals surface area contributed by atoms with Crippen LogP contribution in [0.5, 0.6) is 0 Å². The van der Waals surface area contributed by atoms with E-state index in [-0.39, 0.29) is 24.1 Å². The number of hydrogen-bond donors (Lipinski definition) is 0. The summed E-state index contributed by atoms with van der Waals surface area (Å²) in [5.74, 6) is 0.994. The lowest BCUT2D eigenvalue weighted by Gasteiger charge is -2.09. The summed E-state index contributed by atoms with van der Waals surface area (Å²) in [6.45, 7) is 2.73. The van der Waals surface area contributed by atoms with Crippen molar-refractivity contribution in [3.8, 4) is 0 Å². The summed E-state index contributed by atoms with van der Waals surface area (Å²) in [7, 11) is 1.65. The van der Waals surface area contributed by atoms with Crippen molar-refractivity contribution in [3.05, 3.63) is 63.8 Å². The molecule has 1 aliphatic heterocycles. The summed E-state index contributed by atoms with van der Waals surface area (Å²) in [6, 6.07) is 8.34. The molecule has 0 aliphatic carbocycles. The van der Waals surface area contributed by atoms with E-state index in [0.29, 0.717) is 29.5 Å². The van der Waals surface area contributed by atoms with Crippen LogP contribution in [0.2, 0.25) is 0 Å². The van der Waals surface area contributed by atoms with Crippen molar-refractivity contribution in [3.63, 3.8) is 0 Å². The topological polar surface area (TPSA) is 114 Å². The van der Waals surface area contributed by atoms with E-state index in [1.165, 1.54) is 21.1 Å². The van der Waals surface area contributed by atoms with E-state index in [2.05, 4.69) is 56.6 Å². The molecule has 148 valence electrons. The minimum Gasteiger partial charge on any atom is -0.373 e. The minimum atomic E-state index is -0.258. The van der Waals surface area contributed by atoms with E-state index in [1.54, 1.807) is 7.05 Å². The third kappa shape index (κ3) is 3.21. The van der Waals surface area contributed by atoms with Gasteiger partial charge in [-0.25, -0.2) is 9.67 Å². The molecule has 5 rings (SSSR count). The Morgan fingerprint density at radius 3 is 2.90 bits per heavy atom. The van der Waals surface area contributed by atoms with Gasteiger partial charge in [-0.05, 0) is 18.9 Å². The lowest BCUT2D eigenvalue weighted by atomic mass is 9.99. The Hall–Kier alpha value is -3.40. The molecule has 0 radical (unpaired) electrons. The summed E-state index contributed by atoms with van der Waals surface area (Å²) >= 11 is 0. The first-order valence-corrected chi connectivity index (χ1v) is 9.34. The average Bonchev–Trinajstić information content (AvgIpc) is 3.45. The predicted molar refractivity (Wildman–Crippen MR) is 101 cm³/mol. The maximum atomic E-state index is 12.6. The average molecular weight is 393 g/mol. The summed E-state index contributed by atoms with van der Waals surface area (Å²) < 4.78 is 14.1. The monoisotopic (exact) mass is 393 g/mol. The van der Waals surface area contributed by atoms with Crippen molar-refractivity contribution >= 4 is 11.2 Å². The lowest BCUT2D eigenvalue weighted by Crippen LogP contribution is -2.22. The molecular weight excluding hydrogens is 374 g/mol. The van der Waals surface area contributed by atoms with Crippen LogP contribution >= 0.6 is 0 Å². The van der Waals surface area contributed by atoms with Crippen molar-refractivity contribution in [1.82, 2.24) is 34.7 Å². The molecule has 1 aromatic carbocycles. The Morgan fingerprint density at radius 2 is 2.07 bits per heavy atom. The van der Waals surface area contributed by atoms with Crippen LogP contribution in [-0.2, 0) is 18.3 Å². The highest BCUT2D eigenvalue weighted by molar-refractivity contribution is 5.67. The van der Waals surface area contributed by atoms with Gasteiger partial charge in [0.1, 0.15) is 12.9 Å². The van der Waals surface area contributed by atoms with Gasteiger partial charge in [0.2, 0.25) is 11.5 Å². The molecular formula is C19H19N7O3. The molecule has 10 heteroatoms. The van der Waals surface area contributed by atoms with E-state index in [1.807, 2.05) is 0 Å². The second kappa shape index (κ2) is 6.89. The Morgan fingerprint density at radius 1 is 1.24 bits per heavy atom. The standard InChI is InChI=1S/C19H19N7O3/c1-11-3-5-12(6-4-11)14-7-13(9-28-14)17-21-15(29-23-17)8-26-10-20-18-16(19(26)27)25(2)24-22-18/h3-6,10,13-14H,7-9H2,1-2H3/t13-,14+/m0/s1. The van der Waals surface area contributed by atoms with Crippen molar-refractivity contribution in [1.29, 1.82) is 0 Å². The first-order valence-electron chi connectivity index (χ1n) is 9.34. The second-order valence-corrected chi connectivity index (χ2v) is 7.27. The normalized spacial score (nSPS) is 19.2. The summed E-state index contributed by atoms with van der Waals surface area (Å²) in [4.78, 5) is 21.2. The third-order valence-electron chi connectivity index (χ3n) is 5.19. The molecule has 4 heterocycles. The Labute approximate surface area is 165 Å². The van der Waals surface area contributed by atoms with Gasteiger partial charge in [-0.3, -0.25) is 9.36 Å². The Balaban J connectivity index is 1.32. The van der Waals surface area contributed by atoms with Crippen LogP contribution in [0.25, 0.3) is 11.2 Å². The van der Waals surface area contributed by atoms with E-state index in [9.17, 15) is 4.79 Å². The molecule has 1 saturated heterocycles. The Bertz CT molecular complexity index is 1220. The predicted octanol–water partition coefficient (Wildman–Crippen LogP) is 1.51. The number of hydrogen-bond acceptors (Lipinski definition) is 8. The van der Waals surface area contributed by atoms with Crippen LogP contribution in [0, 0.1) is 6.92 Å². The van der Waals surface area contributed by atoms with Gasteiger partial charge in [-0.15, -0.1) is 5.10 Å².